The predicted molar refractivity (Wildman–Crippen MR) is 80.6 cm³/mol. The van der Waals surface area contributed by atoms with Crippen LogP contribution in [0.4, 0.5) is 0 Å². The van der Waals surface area contributed by atoms with Crippen LogP contribution in [0.5, 0.6) is 5.75 Å². The first-order valence-corrected chi connectivity index (χ1v) is 7.66. The monoisotopic (exact) mass is 261 g/mol. The van der Waals surface area contributed by atoms with Crippen LogP contribution in [0.25, 0.3) is 0 Å². The van der Waals surface area contributed by atoms with Crippen LogP contribution >= 0.6 is 0 Å². The molecular weight excluding hydrogens is 234 g/mol. The van der Waals surface area contributed by atoms with Gasteiger partial charge >= 0.3 is 0 Å². The van der Waals surface area contributed by atoms with Crippen LogP contribution in [0.3, 0.4) is 0 Å². The first-order chi connectivity index (χ1) is 9.35. The zero-order valence-electron chi connectivity index (χ0n) is 12.3. The molecule has 0 aromatic heterocycles. The molecule has 1 aromatic rings. The lowest BCUT2D eigenvalue weighted by molar-refractivity contribution is 0.298. The van der Waals surface area contributed by atoms with Crippen molar-refractivity contribution >= 4 is 0 Å². The third-order valence-electron chi connectivity index (χ3n) is 4.39. The lowest BCUT2D eigenvalue weighted by Gasteiger charge is -2.29. The van der Waals surface area contributed by atoms with Crippen LogP contribution in [0, 0.1) is 5.92 Å². The molecule has 1 aliphatic carbocycles. The van der Waals surface area contributed by atoms with E-state index in [4.69, 9.17) is 4.74 Å². The summed E-state index contributed by atoms with van der Waals surface area (Å²) in [6.45, 7) is 0. The van der Waals surface area contributed by atoms with Gasteiger partial charge in [-0.2, -0.15) is 0 Å². The summed E-state index contributed by atoms with van der Waals surface area (Å²) in [7, 11) is 3.83. The highest BCUT2D eigenvalue weighted by Gasteiger charge is 2.22. The molecule has 2 heteroatoms. The smallest absolute Gasteiger partial charge is 0.119 e. The van der Waals surface area contributed by atoms with Crippen LogP contribution in [0.15, 0.2) is 24.3 Å². The fourth-order valence-electron chi connectivity index (χ4n) is 3.33. The van der Waals surface area contributed by atoms with Crippen LogP contribution in [0.2, 0.25) is 0 Å². The largest absolute Gasteiger partial charge is 0.497 e. The lowest BCUT2D eigenvalue weighted by Crippen LogP contribution is -2.26. The molecule has 1 saturated carbocycles. The summed E-state index contributed by atoms with van der Waals surface area (Å²) in [6, 6.07) is 8.99. The third kappa shape index (κ3) is 3.97. The van der Waals surface area contributed by atoms with E-state index in [9.17, 15) is 0 Å². The van der Waals surface area contributed by atoms with Crippen LogP contribution in [-0.2, 0) is 0 Å². The van der Waals surface area contributed by atoms with Gasteiger partial charge in [0.05, 0.1) is 7.11 Å². The van der Waals surface area contributed by atoms with E-state index >= 15 is 0 Å². The lowest BCUT2D eigenvalue weighted by atomic mass is 9.83. The first kappa shape index (κ1) is 14.4. The van der Waals surface area contributed by atoms with E-state index < -0.39 is 0 Å². The maximum atomic E-state index is 5.35. The van der Waals surface area contributed by atoms with Crippen LogP contribution in [0.1, 0.15) is 56.6 Å². The molecule has 1 N–H and O–H groups in total. The SMILES string of the molecule is CNC(c1cccc(OC)c1)C1CCCCCCC1. The molecule has 1 aromatic carbocycles. The zero-order chi connectivity index (χ0) is 13.5. The van der Waals surface area contributed by atoms with Gasteiger partial charge in [-0.3, -0.25) is 0 Å². The van der Waals surface area contributed by atoms with Crippen LogP contribution < -0.4 is 10.1 Å². The maximum absolute atomic E-state index is 5.35. The van der Waals surface area contributed by atoms with Crippen molar-refractivity contribution in [2.45, 2.75) is 51.0 Å². The highest BCUT2D eigenvalue weighted by molar-refractivity contribution is 5.30. The molecule has 1 aliphatic rings. The Bertz CT molecular complexity index is 369. The summed E-state index contributed by atoms with van der Waals surface area (Å²) in [5, 5.41) is 3.53. The molecule has 0 heterocycles. The van der Waals surface area contributed by atoms with Crippen molar-refractivity contribution in [2.75, 3.05) is 14.2 Å². The second-order valence-electron chi connectivity index (χ2n) is 5.65. The second kappa shape index (κ2) is 7.54. The third-order valence-corrected chi connectivity index (χ3v) is 4.39. The van der Waals surface area contributed by atoms with Crippen LogP contribution in [-0.4, -0.2) is 14.2 Å². The topological polar surface area (TPSA) is 21.3 Å². The van der Waals surface area contributed by atoms with E-state index in [1.54, 1.807) is 7.11 Å². The highest BCUT2D eigenvalue weighted by atomic mass is 16.5. The van der Waals surface area contributed by atoms with Gasteiger partial charge in [0.2, 0.25) is 0 Å². The summed E-state index contributed by atoms with van der Waals surface area (Å²) in [5.74, 6) is 1.72. The molecule has 0 radical (unpaired) electrons. The number of rotatable bonds is 4. The van der Waals surface area contributed by atoms with Gasteiger partial charge in [0.15, 0.2) is 0 Å². The first-order valence-electron chi connectivity index (χ1n) is 7.66. The molecule has 1 fully saturated rings. The Morgan fingerprint density at radius 2 is 1.79 bits per heavy atom. The average Bonchev–Trinajstić information content (AvgIpc) is 2.42. The number of benzene rings is 1. The summed E-state index contributed by atoms with van der Waals surface area (Å²) >= 11 is 0. The fraction of sp³-hybridized carbons (Fsp3) is 0.647. The minimum atomic E-state index is 0.466. The van der Waals surface area contributed by atoms with Crippen molar-refractivity contribution in [2.24, 2.45) is 5.92 Å². The molecule has 2 nitrogen and oxygen atoms in total. The summed E-state index contributed by atoms with van der Waals surface area (Å²) in [5.41, 5.74) is 1.37. The van der Waals surface area contributed by atoms with Gasteiger partial charge in [0.25, 0.3) is 0 Å². The number of methoxy groups -OCH3 is 1. The fourth-order valence-corrected chi connectivity index (χ4v) is 3.33. The molecule has 0 bridgehead atoms. The average molecular weight is 261 g/mol. The number of hydrogen-bond acceptors (Lipinski definition) is 2. The highest BCUT2D eigenvalue weighted by Crippen LogP contribution is 2.33. The Labute approximate surface area is 117 Å². The molecule has 2 rings (SSSR count). The molecule has 0 amide bonds. The molecule has 0 aliphatic heterocycles. The van der Waals surface area contributed by atoms with E-state index in [2.05, 4.69) is 30.6 Å². The number of hydrogen-bond donors (Lipinski definition) is 1. The Balaban J connectivity index is 2.12. The predicted octanol–water partition coefficient (Wildman–Crippen LogP) is 4.32. The van der Waals surface area contributed by atoms with Gasteiger partial charge in [-0.1, -0.05) is 44.2 Å². The van der Waals surface area contributed by atoms with Crippen molar-refractivity contribution in [1.29, 1.82) is 0 Å². The van der Waals surface area contributed by atoms with Crippen molar-refractivity contribution in [3.8, 4) is 5.75 Å². The molecule has 1 atom stereocenters. The minimum absolute atomic E-state index is 0.466. The molecule has 0 saturated heterocycles. The minimum Gasteiger partial charge on any atom is -0.497 e. The van der Waals surface area contributed by atoms with Gasteiger partial charge in [-0.05, 0) is 43.5 Å². The number of nitrogens with one attached hydrogen (secondary N) is 1. The molecular formula is C17H27NO. The van der Waals surface area contributed by atoms with E-state index in [-0.39, 0.29) is 0 Å². The molecule has 0 spiro atoms. The summed E-state index contributed by atoms with van der Waals surface area (Å²) < 4.78 is 5.35. The van der Waals surface area contributed by atoms with E-state index in [0.717, 1.165) is 11.7 Å². The Morgan fingerprint density at radius 3 is 2.42 bits per heavy atom. The maximum Gasteiger partial charge on any atom is 0.119 e. The molecule has 1 unspecified atom stereocenters. The van der Waals surface area contributed by atoms with E-state index in [0.29, 0.717) is 6.04 Å². The Kier molecular flexibility index (Phi) is 5.71. The van der Waals surface area contributed by atoms with Gasteiger partial charge in [0.1, 0.15) is 5.75 Å². The number of ether oxygens (including phenoxy) is 1. The summed E-state index contributed by atoms with van der Waals surface area (Å²) in [6.07, 6.45) is 9.71. The van der Waals surface area contributed by atoms with E-state index in [1.807, 2.05) is 6.07 Å². The van der Waals surface area contributed by atoms with Gasteiger partial charge in [-0.25, -0.2) is 0 Å². The van der Waals surface area contributed by atoms with Gasteiger partial charge in [0, 0.05) is 6.04 Å². The molecule has 19 heavy (non-hydrogen) atoms. The van der Waals surface area contributed by atoms with Crippen molar-refractivity contribution in [3.63, 3.8) is 0 Å². The second-order valence-corrected chi connectivity index (χ2v) is 5.65. The standard InChI is InChI=1S/C17H27NO/c1-18-17(14-9-6-4-3-5-7-10-14)15-11-8-12-16(13-15)19-2/h8,11-14,17-18H,3-7,9-10H2,1-2H3. The normalized spacial score (nSPS) is 19.5. The van der Waals surface area contributed by atoms with Crippen molar-refractivity contribution in [3.05, 3.63) is 29.8 Å². The Hall–Kier alpha value is -1.02. The zero-order valence-corrected chi connectivity index (χ0v) is 12.3. The van der Waals surface area contributed by atoms with Gasteiger partial charge < -0.3 is 10.1 Å². The van der Waals surface area contributed by atoms with Crippen molar-refractivity contribution < 1.29 is 4.74 Å². The quantitative estimate of drug-likeness (QED) is 0.871. The molecule has 106 valence electrons. The van der Waals surface area contributed by atoms with Crippen molar-refractivity contribution in [1.82, 2.24) is 5.32 Å². The summed E-state index contributed by atoms with van der Waals surface area (Å²) in [4.78, 5) is 0. The Morgan fingerprint density at radius 1 is 1.11 bits per heavy atom. The van der Waals surface area contributed by atoms with E-state index in [1.165, 1.54) is 50.5 Å². The van der Waals surface area contributed by atoms with Gasteiger partial charge in [-0.15, -0.1) is 0 Å².